The van der Waals surface area contributed by atoms with E-state index in [4.69, 9.17) is 0 Å². The lowest BCUT2D eigenvalue weighted by atomic mass is 10.1. The Morgan fingerprint density at radius 3 is 2.50 bits per heavy atom. The van der Waals surface area contributed by atoms with Crippen LogP contribution in [0.2, 0.25) is 0 Å². The van der Waals surface area contributed by atoms with Gasteiger partial charge < -0.3 is 10.1 Å². The molecule has 0 spiro atoms. The molecule has 0 radical (unpaired) electrons. The van der Waals surface area contributed by atoms with Crippen LogP contribution in [-0.2, 0) is 11.3 Å². The second-order valence-electron chi connectivity index (χ2n) is 6.54. The molecule has 0 aliphatic rings. The summed E-state index contributed by atoms with van der Waals surface area (Å²) in [5.74, 6) is -0.458. The molecule has 1 N–H and O–H groups in total. The normalized spacial score (nSPS) is 12.4. The minimum absolute atomic E-state index is 0.322. The molecule has 11 heteroatoms. The van der Waals surface area contributed by atoms with E-state index < -0.39 is 24.0 Å². The number of aromatic nitrogens is 4. The first-order valence-corrected chi connectivity index (χ1v) is 8.85. The quantitative estimate of drug-likeness (QED) is 0.661. The number of benzene rings is 1. The summed E-state index contributed by atoms with van der Waals surface area (Å²) in [4.78, 5) is 28.9. The molecular weight excluding hydrogens is 403 g/mol. The largest absolute Gasteiger partial charge is 0.573 e. The van der Waals surface area contributed by atoms with Crippen molar-refractivity contribution in [3.63, 3.8) is 0 Å². The lowest BCUT2D eigenvalue weighted by Crippen LogP contribution is -2.34. The van der Waals surface area contributed by atoms with E-state index in [1.807, 2.05) is 6.92 Å². The second-order valence-corrected chi connectivity index (χ2v) is 6.54. The summed E-state index contributed by atoms with van der Waals surface area (Å²) >= 11 is 0. The highest BCUT2D eigenvalue weighted by Crippen LogP contribution is 2.24. The van der Waals surface area contributed by atoms with Crippen molar-refractivity contribution in [3.05, 3.63) is 70.5 Å². The van der Waals surface area contributed by atoms with Crippen molar-refractivity contribution in [2.24, 2.45) is 0 Å². The number of halogens is 3. The SMILES string of the molecule is Cc1ccc(-n2cnn(CC(=O)N[C@@H](C)c3ccc(OC(F)(F)F)cc3)c2=O)nc1. The van der Waals surface area contributed by atoms with Crippen LogP contribution in [0.15, 0.2) is 53.7 Å². The molecule has 3 rings (SSSR count). The molecule has 0 aliphatic carbocycles. The number of alkyl halides is 3. The van der Waals surface area contributed by atoms with Gasteiger partial charge >= 0.3 is 12.1 Å². The molecule has 8 nitrogen and oxygen atoms in total. The second kappa shape index (κ2) is 8.39. The summed E-state index contributed by atoms with van der Waals surface area (Å²) < 4.78 is 42.7. The number of pyridine rings is 1. The molecule has 2 heterocycles. The molecule has 30 heavy (non-hydrogen) atoms. The van der Waals surface area contributed by atoms with Crippen molar-refractivity contribution in [1.29, 1.82) is 0 Å². The molecule has 0 saturated carbocycles. The lowest BCUT2D eigenvalue weighted by Gasteiger charge is -2.15. The van der Waals surface area contributed by atoms with E-state index in [0.29, 0.717) is 11.4 Å². The van der Waals surface area contributed by atoms with Gasteiger partial charge in [0.15, 0.2) is 0 Å². The van der Waals surface area contributed by atoms with E-state index in [1.165, 1.54) is 23.0 Å². The summed E-state index contributed by atoms with van der Waals surface area (Å²) in [7, 11) is 0. The van der Waals surface area contributed by atoms with E-state index in [-0.39, 0.29) is 12.3 Å². The number of carbonyl (C=O) groups excluding carboxylic acids is 1. The fourth-order valence-electron chi connectivity index (χ4n) is 2.67. The third-order valence-corrected chi connectivity index (χ3v) is 4.16. The van der Waals surface area contributed by atoms with E-state index in [9.17, 15) is 22.8 Å². The number of ether oxygens (including phenoxy) is 1. The Hall–Kier alpha value is -3.63. The minimum atomic E-state index is -4.77. The monoisotopic (exact) mass is 421 g/mol. The van der Waals surface area contributed by atoms with Gasteiger partial charge in [0.25, 0.3) is 0 Å². The summed E-state index contributed by atoms with van der Waals surface area (Å²) in [6.45, 7) is 3.21. The molecule has 0 saturated heterocycles. The lowest BCUT2D eigenvalue weighted by molar-refractivity contribution is -0.274. The van der Waals surface area contributed by atoms with Crippen molar-refractivity contribution in [2.45, 2.75) is 32.8 Å². The molecule has 0 bridgehead atoms. The van der Waals surface area contributed by atoms with Crippen LogP contribution < -0.4 is 15.7 Å². The van der Waals surface area contributed by atoms with Gasteiger partial charge in [-0.15, -0.1) is 13.2 Å². The summed E-state index contributed by atoms with van der Waals surface area (Å²) in [5, 5.41) is 6.59. The third-order valence-electron chi connectivity index (χ3n) is 4.16. The zero-order valence-corrected chi connectivity index (χ0v) is 16.1. The van der Waals surface area contributed by atoms with Crippen molar-refractivity contribution in [1.82, 2.24) is 24.6 Å². The van der Waals surface area contributed by atoms with Gasteiger partial charge in [-0.05, 0) is 43.2 Å². The van der Waals surface area contributed by atoms with E-state index >= 15 is 0 Å². The Morgan fingerprint density at radius 1 is 1.20 bits per heavy atom. The Balaban J connectivity index is 1.63. The number of nitrogens with one attached hydrogen (secondary N) is 1. The maximum Gasteiger partial charge on any atom is 0.573 e. The highest BCUT2D eigenvalue weighted by Gasteiger charge is 2.31. The standard InChI is InChI=1S/C19H18F3N5O3/c1-12-3-8-16(23-9-12)26-11-24-27(18(26)29)10-17(28)25-13(2)14-4-6-15(7-5-14)30-19(20,21)22/h3-9,11,13H,10H2,1-2H3,(H,25,28)/t13-/m0/s1. The molecular formula is C19H18F3N5O3. The Labute approximate surface area is 168 Å². The van der Waals surface area contributed by atoms with Crippen LogP contribution in [0.5, 0.6) is 5.75 Å². The van der Waals surface area contributed by atoms with Gasteiger partial charge in [-0.25, -0.2) is 19.0 Å². The van der Waals surface area contributed by atoms with Gasteiger partial charge in [0.1, 0.15) is 24.4 Å². The molecule has 1 atom stereocenters. The number of hydrogen-bond donors (Lipinski definition) is 1. The van der Waals surface area contributed by atoms with Crippen LogP contribution in [-0.4, -0.2) is 31.6 Å². The van der Waals surface area contributed by atoms with Crippen LogP contribution in [0.3, 0.4) is 0 Å². The van der Waals surface area contributed by atoms with Gasteiger partial charge in [0.05, 0.1) is 6.04 Å². The van der Waals surface area contributed by atoms with Crippen LogP contribution in [0.25, 0.3) is 5.82 Å². The zero-order chi connectivity index (χ0) is 21.9. The van der Waals surface area contributed by atoms with Gasteiger partial charge in [-0.2, -0.15) is 5.10 Å². The number of carbonyl (C=O) groups is 1. The molecule has 2 aromatic heterocycles. The molecule has 3 aromatic rings. The van der Waals surface area contributed by atoms with E-state index in [0.717, 1.165) is 22.4 Å². The highest BCUT2D eigenvalue weighted by atomic mass is 19.4. The van der Waals surface area contributed by atoms with Gasteiger partial charge in [0, 0.05) is 6.20 Å². The zero-order valence-electron chi connectivity index (χ0n) is 16.1. The van der Waals surface area contributed by atoms with E-state index in [2.05, 4.69) is 20.1 Å². The van der Waals surface area contributed by atoms with Crippen LogP contribution in [0.1, 0.15) is 24.1 Å². The number of rotatable bonds is 6. The first-order chi connectivity index (χ1) is 14.1. The van der Waals surface area contributed by atoms with Gasteiger partial charge in [0.2, 0.25) is 5.91 Å². The number of nitrogens with zero attached hydrogens (tertiary/aromatic N) is 4. The van der Waals surface area contributed by atoms with Crippen LogP contribution in [0, 0.1) is 6.92 Å². The van der Waals surface area contributed by atoms with Gasteiger partial charge in [-0.1, -0.05) is 18.2 Å². The Bertz CT molecular complexity index is 1070. The first-order valence-electron chi connectivity index (χ1n) is 8.85. The first kappa shape index (κ1) is 21.1. The summed E-state index contributed by atoms with van der Waals surface area (Å²) in [5.41, 5.74) is 0.980. The van der Waals surface area contributed by atoms with Crippen molar-refractivity contribution in [3.8, 4) is 11.6 Å². The van der Waals surface area contributed by atoms with Crippen molar-refractivity contribution >= 4 is 5.91 Å². The third kappa shape index (κ3) is 5.25. The molecule has 1 aromatic carbocycles. The topological polar surface area (TPSA) is 91.0 Å². The predicted molar refractivity (Wildman–Crippen MR) is 100 cm³/mol. The van der Waals surface area contributed by atoms with Crippen LogP contribution >= 0.6 is 0 Å². The fraction of sp³-hybridized carbons (Fsp3) is 0.263. The van der Waals surface area contributed by atoms with Crippen LogP contribution in [0.4, 0.5) is 13.2 Å². The average Bonchev–Trinajstić information content (AvgIpc) is 3.02. The Kier molecular flexibility index (Phi) is 5.90. The smallest absolute Gasteiger partial charge is 0.406 e. The van der Waals surface area contributed by atoms with Gasteiger partial charge in [-0.3, -0.25) is 4.79 Å². The average molecular weight is 421 g/mol. The number of hydrogen-bond acceptors (Lipinski definition) is 5. The molecule has 0 unspecified atom stereocenters. The van der Waals surface area contributed by atoms with Crippen molar-refractivity contribution < 1.29 is 22.7 Å². The van der Waals surface area contributed by atoms with Crippen molar-refractivity contribution in [2.75, 3.05) is 0 Å². The number of amides is 1. The van der Waals surface area contributed by atoms with E-state index in [1.54, 1.807) is 25.3 Å². The maximum absolute atomic E-state index is 12.4. The molecule has 0 fully saturated rings. The fourth-order valence-corrected chi connectivity index (χ4v) is 2.67. The summed E-state index contributed by atoms with van der Waals surface area (Å²) in [6.07, 6.45) is -1.89. The molecule has 1 amide bonds. The predicted octanol–water partition coefficient (Wildman–Crippen LogP) is 2.51. The molecule has 158 valence electrons. The highest BCUT2D eigenvalue weighted by molar-refractivity contribution is 5.76. The maximum atomic E-state index is 12.4. The molecule has 0 aliphatic heterocycles. The Morgan fingerprint density at radius 2 is 1.90 bits per heavy atom. The number of aryl methyl sites for hydroxylation is 1. The summed E-state index contributed by atoms with van der Waals surface area (Å²) in [6, 6.07) is 8.10. The minimum Gasteiger partial charge on any atom is -0.406 e.